The Bertz CT molecular complexity index is 514. The van der Waals surface area contributed by atoms with Crippen LogP contribution in [0.4, 0.5) is 0 Å². The van der Waals surface area contributed by atoms with Gasteiger partial charge in [-0.2, -0.15) is 0 Å². The zero-order valence-electron chi connectivity index (χ0n) is 8.87. The summed E-state index contributed by atoms with van der Waals surface area (Å²) < 4.78 is 6.15. The molecule has 16 heavy (non-hydrogen) atoms. The predicted molar refractivity (Wildman–Crippen MR) is 65.6 cm³/mol. The van der Waals surface area contributed by atoms with Crippen molar-refractivity contribution in [2.45, 2.75) is 13.3 Å². The van der Waals surface area contributed by atoms with Gasteiger partial charge in [-0.1, -0.05) is 28.1 Å². The Labute approximate surface area is 102 Å². The highest BCUT2D eigenvalue weighted by molar-refractivity contribution is 9.10. The molecule has 0 radical (unpaired) electrons. The smallest absolute Gasteiger partial charge is 0.202 e. The van der Waals surface area contributed by atoms with Gasteiger partial charge in [0.15, 0.2) is 5.76 Å². The van der Waals surface area contributed by atoms with Crippen molar-refractivity contribution in [3.05, 3.63) is 58.0 Å². The minimum absolute atomic E-state index is 0.0144. The summed E-state index contributed by atoms with van der Waals surface area (Å²) in [5, 5.41) is 0. The molecule has 0 amide bonds. The van der Waals surface area contributed by atoms with Crippen molar-refractivity contribution in [2.75, 3.05) is 0 Å². The first-order chi connectivity index (χ1) is 7.66. The Balaban J connectivity index is 2.17. The first-order valence-corrected chi connectivity index (χ1v) is 5.78. The van der Waals surface area contributed by atoms with Crippen LogP contribution in [0.3, 0.4) is 0 Å². The van der Waals surface area contributed by atoms with Crippen molar-refractivity contribution in [3.63, 3.8) is 0 Å². The zero-order valence-corrected chi connectivity index (χ0v) is 10.5. The van der Waals surface area contributed by atoms with Crippen LogP contribution in [0.1, 0.15) is 21.7 Å². The van der Waals surface area contributed by atoms with Crippen molar-refractivity contribution in [2.24, 2.45) is 0 Å². The molecule has 82 valence electrons. The lowest BCUT2D eigenvalue weighted by Crippen LogP contribution is -2.03. The van der Waals surface area contributed by atoms with E-state index in [1.165, 1.54) is 0 Å². The van der Waals surface area contributed by atoms with Gasteiger partial charge in [0, 0.05) is 10.9 Å². The van der Waals surface area contributed by atoms with Gasteiger partial charge >= 0.3 is 0 Å². The standard InChI is InChI=1S/C13H11BrO2/c1-9-5-6-16-13(9)12(15)8-10-3-2-4-11(14)7-10/h2-7H,8H2,1H3. The summed E-state index contributed by atoms with van der Waals surface area (Å²) in [5.74, 6) is 0.473. The normalized spacial score (nSPS) is 10.4. The molecule has 0 aliphatic carbocycles. The lowest BCUT2D eigenvalue weighted by molar-refractivity contribution is 0.0965. The molecular weight excluding hydrogens is 268 g/mol. The van der Waals surface area contributed by atoms with E-state index in [2.05, 4.69) is 15.9 Å². The largest absolute Gasteiger partial charge is 0.461 e. The van der Waals surface area contributed by atoms with E-state index in [4.69, 9.17) is 4.42 Å². The number of aryl methyl sites for hydroxylation is 1. The molecule has 1 aromatic heterocycles. The van der Waals surface area contributed by atoms with Crippen LogP contribution in [0.2, 0.25) is 0 Å². The highest BCUT2D eigenvalue weighted by Crippen LogP contribution is 2.16. The monoisotopic (exact) mass is 278 g/mol. The third-order valence-electron chi connectivity index (χ3n) is 2.37. The van der Waals surface area contributed by atoms with Crippen LogP contribution in [-0.4, -0.2) is 5.78 Å². The minimum Gasteiger partial charge on any atom is -0.461 e. The average molecular weight is 279 g/mol. The Kier molecular flexibility index (Phi) is 3.25. The van der Waals surface area contributed by atoms with Gasteiger partial charge in [0.25, 0.3) is 0 Å². The van der Waals surface area contributed by atoms with E-state index in [1.54, 1.807) is 12.3 Å². The molecule has 2 rings (SSSR count). The van der Waals surface area contributed by atoms with E-state index in [1.807, 2.05) is 31.2 Å². The molecule has 0 saturated carbocycles. The third kappa shape index (κ3) is 2.42. The number of carbonyl (C=O) groups is 1. The molecule has 0 bridgehead atoms. The van der Waals surface area contributed by atoms with Gasteiger partial charge in [-0.05, 0) is 36.2 Å². The van der Waals surface area contributed by atoms with Crippen LogP contribution in [0.15, 0.2) is 45.5 Å². The molecule has 0 saturated heterocycles. The second-order valence-electron chi connectivity index (χ2n) is 3.66. The fraction of sp³-hybridized carbons (Fsp3) is 0.154. The Morgan fingerprint density at radius 3 is 2.81 bits per heavy atom. The molecule has 1 heterocycles. The predicted octanol–water partition coefficient (Wildman–Crippen LogP) is 3.78. The lowest BCUT2D eigenvalue weighted by atomic mass is 10.1. The van der Waals surface area contributed by atoms with E-state index < -0.39 is 0 Å². The molecule has 3 heteroatoms. The molecule has 0 fully saturated rings. The van der Waals surface area contributed by atoms with E-state index >= 15 is 0 Å². The number of rotatable bonds is 3. The second-order valence-corrected chi connectivity index (χ2v) is 4.58. The van der Waals surface area contributed by atoms with Gasteiger partial charge < -0.3 is 4.42 Å². The molecule has 0 aliphatic heterocycles. The maximum atomic E-state index is 11.9. The van der Waals surface area contributed by atoms with Crippen LogP contribution >= 0.6 is 15.9 Å². The van der Waals surface area contributed by atoms with Gasteiger partial charge in [0.05, 0.1) is 6.26 Å². The number of halogens is 1. The van der Waals surface area contributed by atoms with E-state index in [0.29, 0.717) is 12.2 Å². The number of benzene rings is 1. The molecule has 0 unspecified atom stereocenters. The number of furan rings is 1. The Morgan fingerprint density at radius 1 is 1.38 bits per heavy atom. The summed E-state index contributed by atoms with van der Waals surface area (Å²) in [6, 6.07) is 9.53. The summed E-state index contributed by atoms with van der Waals surface area (Å²) in [7, 11) is 0. The van der Waals surface area contributed by atoms with E-state index in [9.17, 15) is 4.79 Å². The highest BCUT2D eigenvalue weighted by Gasteiger charge is 2.13. The van der Waals surface area contributed by atoms with Crippen molar-refractivity contribution in [1.29, 1.82) is 0 Å². The van der Waals surface area contributed by atoms with Crippen LogP contribution in [0, 0.1) is 6.92 Å². The van der Waals surface area contributed by atoms with Gasteiger partial charge in [-0.25, -0.2) is 0 Å². The van der Waals surface area contributed by atoms with Crippen molar-refractivity contribution < 1.29 is 9.21 Å². The second kappa shape index (κ2) is 4.66. The fourth-order valence-corrected chi connectivity index (χ4v) is 2.02. The van der Waals surface area contributed by atoms with Gasteiger partial charge in [0.1, 0.15) is 0 Å². The van der Waals surface area contributed by atoms with Crippen LogP contribution in [0.25, 0.3) is 0 Å². The first kappa shape index (κ1) is 11.1. The number of hydrogen-bond donors (Lipinski definition) is 0. The van der Waals surface area contributed by atoms with E-state index in [0.717, 1.165) is 15.6 Å². The third-order valence-corrected chi connectivity index (χ3v) is 2.86. The number of ketones is 1. The first-order valence-electron chi connectivity index (χ1n) is 4.98. The number of Topliss-reactive ketones (excluding diaryl/α,β-unsaturated/α-hetero) is 1. The molecule has 2 nitrogen and oxygen atoms in total. The molecule has 0 aliphatic rings. The maximum Gasteiger partial charge on any atom is 0.202 e. The molecule has 0 atom stereocenters. The summed E-state index contributed by atoms with van der Waals surface area (Å²) in [4.78, 5) is 11.9. The summed E-state index contributed by atoms with van der Waals surface area (Å²) in [5.41, 5.74) is 1.87. The number of hydrogen-bond acceptors (Lipinski definition) is 2. The van der Waals surface area contributed by atoms with Gasteiger partial charge in [0.2, 0.25) is 5.78 Å². The van der Waals surface area contributed by atoms with E-state index in [-0.39, 0.29) is 5.78 Å². The molecular formula is C13H11BrO2. The van der Waals surface area contributed by atoms with Gasteiger partial charge in [-0.15, -0.1) is 0 Å². The maximum absolute atomic E-state index is 11.9. The topological polar surface area (TPSA) is 30.2 Å². The minimum atomic E-state index is 0.0144. The molecule has 2 aromatic rings. The van der Waals surface area contributed by atoms with Crippen LogP contribution in [0.5, 0.6) is 0 Å². The quantitative estimate of drug-likeness (QED) is 0.800. The van der Waals surface area contributed by atoms with Crippen LogP contribution < -0.4 is 0 Å². The van der Waals surface area contributed by atoms with Crippen LogP contribution in [-0.2, 0) is 6.42 Å². The summed E-state index contributed by atoms with van der Waals surface area (Å²) >= 11 is 3.38. The fourth-order valence-electron chi connectivity index (χ4n) is 1.57. The molecule has 1 aromatic carbocycles. The number of carbonyl (C=O) groups excluding carboxylic acids is 1. The Hall–Kier alpha value is -1.35. The average Bonchev–Trinajstić information content (AvgIpc) is 2.64. The SMILES string of the molecule is Cc1ccoc1C(=O)Cc1cccc(Br)c1. The molecule has 0 N–H and O–H groups in total. The highest BCUT2D eigenvalue weighted by atomic mass is 79.9. The van der Waals surface area contributed by atoms with Crippen molar-refractivity contribution in [3.8, 4) is 0 Å². The zero-order chi connectivity index (χ0) is 11.5. The lowest BCUT2D eigenvalue weighted by Gasteiger charge is -2.00. The summed E-state index contributed by atoms with van der Waals surface area (Å²) in [6.07, 6.45) is 1.91. The van der Waals surface area contributed by atoms with Crippen molar-refractivity contribution >= 4 is 21.7 Å². The van der Waals surface area contributed by atoms with Crippen molar-refractivity contribution in [1.82, 2.24) is 0 Å². The van der Waals surface area contributed by atoms with Gasteiger partial charge in [-0.3, -0.25) is 4.79 Å². The molecule has 0 spiro atoms. The summed E-state index contributed by atoms with van der Waals surface area (Å²) in [6.45, 7) is 1.87. The Morgan fingerprint density at radius 2 is 2.19 bits per heavy atom.